The Morgan fingerprint density at radius 3 is 2.53 bits per heavy atom. The molecule has 4 nitrogen and oxygen atoms in total. The van der Waals surface area contributed by atoms with Gasteiger partial charge in [0.1, 0.15) is 16.8 Å². The zero-order valence-electron chi connectivity index (χ0n) is 7.37. The molecule has 1 aromatic carbocycles. The van der Waals surface area contributed by atoms with E-state index in [2.05, 4.69) is 0 Å². The molecule has 1 aromatic rings. The van der Waals surface area contributed by atoms with Gasteiger partial charge in [-0.05, 0) is 12.1 Å². The molecule has 0 saturated heterocycles. The van der Waals surface area contributed by atoms with Crippen LogP contribution in [0.15, 0.2) is 17.0 Å². The fourth-order valence-corrected chi connectivity index (χ4v) is 2.16. The van der Waals surface area contributed by atoms with Gasteiger partial charge >= 0.3 is 0 Å². The van der Waals surface area contributed by atoms with E-state index >= 15 is 0 Å². The monoisotopic (exact) mass is 248 g/mol. The van der Waals surface area contributed by atoms with E-state index in [4.69, 9.17) is 21.7 Å². The van der Waals surface area contributed by atoms with Gasteiger partial charge in [-0.3, -0.25) is 0 Å². The normalized spacial score (nSPS) is 11.1. The van der Waals surface area contributed by atoms with E-state index in [1.807, 2.05) is 0 Å². The molecule has 15 heavy (non-hydrogen) atoms. The minimum atomic E-state index is -4.07. The molecule has 0 aromatic heterocycles. The van der Waals surface area contributed by atoms with Gasteiger partial charge in [0.15, 0.2) is 0 Å². The van der Waals surface area contributed by atoms with Gasteiger partial charge < -0.3 is 5.73 Å². The molecule has 0 radical (unpaired) electrons. The molecule has 0 aliphatic rings. The summed E-state index contributed by atoms with van der Waals surface area (Å²) >= 11 is 0. The van der Waals surface area contributed by atoms with Crippen molar-refractivity contribution in [3.63, 3.8) is 0 Å². The van der Waals surface area contributed by atoms with Crippen molar-refractivity contribution in [2.45, 2.75) is 11.4 Å². The summed E-state index contributed by atoms with van der Waals surface area (Å²) in [4.78, 5) is -0.423. The molecule has 1 rings (SSSR count). The van der Waals surface area contributed by atoms with Crippen LogP contribution in [-0.4, -0.2) is 8.42 Å². The average Bonchev–Trinajstić information content (AvgIpc) is 2.15. The maximum absolute atomic E-state index is 13.1. The summed E-state index contributed by atoms with van der Waals surface area (Å²) in [6.45, 7) is -0.269. The summed E-state index contributed by atoms with van der Waals surface area (Å²) in [5.41, 5.74) is 4.72. The number of nitrogens with two attached hydrogens (primary N) is 1. The van der Waals surface area contributed by atoms with Crippen LogP contribution in [0, 0.1) is 17.1 Å². The van der Waals surface area contributed by atoms with Crippen LogP contribution in [0.2, 0.25) is 0 Å². The van der Waals surface area contributed by atoms with E-state index in [-0.39, 0.29) is 17.7 Å². The van der Waals surface area contributed by atoms with Crippen LogP contribution >= 0.6 is 10.7 Å². The highest BCUT2D eigenvalue weighted by Gasteiger charge is 2.20. The smallest absolute Gasteiger partial charge is 0.262 e. The minimum absolute atomic E-state index is 0.153. The van der Waals surface area contributed by atoms with Gasteiger partial charge in [0.25, 0.3) is 9.05 Å². The van der Waals surface area contributed by atoms with Crippen molar-refractivity contribution in [1.29, 1.82) is 5.26 Å². The molecule has 0 aliphatic carbocycles. The SMILES string of the molecule is N#Cc1c(S(=O)(=O)Cl)ccc(F)c1CN. The van der Waals surface area contributed by atoms with E-state index in [0.717, 1.165) is 12.1 Å². The van der Waals surface area contributed by atoms with Gasteiger partial charge in [0.2, 0.25) is 0 Å². The van der Waals surface area contributed by atoms with Crippen molar-refractivity contribution in [3.05, 3.63) is 29.1 Å². The molecule has 0 spiro atoms. The quantitative estimate of drug-likeness (QED) is 0.794. The lowest BCUT2D eigenvalue weighted by Crippen LogP contribution is -2.07. The van der Waals surface area contributed by atoms with Gasteiger partial charge in [-0.1, -0.05) is 0 Å². The third-order valence-electron chi connectivity index (χ3n) is 1.80. The summed E-state index contributed by atoms with van der Waals surface area (Å²) in [7, 11) is 1.01. The molecule has 2 N–H and O–H groups in total. The first kappa shape index (κ1) is 11.9. The minimum Gasteiger partial charge on any atom is -0.326 e. The van der Waals surface area contributed by atoms with Gasteiger partial charge in [0, 0.05) is 22.8 Å². The largest absolute Gasteiger partial charge is 0.326 e. The lowest BCUT2D eigenvalue weighted by Gasteiger charge is -2.05. The van der Waals surface area contributed by atoms with E-state index in [0.29, 0.717) is 0 Å². The Morgan fingerprint density at radius 2 is 2.13 bits per heavy atom. The second kappa shape index (κ2) is 4.14. The lowest BCUT2D eigenvalue weighted by molar-refractivity contribution is 0.600. The van der Waals surface area contributed by atoms with Crippen LogP contribution in [0.5, 0.6) is 0 Å². The average molecular weight is 249 g/mol. The first-order valence-electron chi connectivity index (χ1n) is 3.78. The van der Waals surface area contributed by atoms with Gasteiger partial charge in [-0.2, -0.15) is 5.26 Å². The second-order valence-electron chi connectivity index (χ2n) is 2.65. The molecule has 80 valence electrons. The molecule has 0 bridgehead atoms. The zero-order chi connectivity index (χ0) is 11.6. The lowest BCUT2D eigenvalue weighted by atomic mass is 10.1. The summed E-state index contributed by atoms with van der Waals surface area (Å²) < 4.78 is 35.2. The Hall–Kier alpha value is -1.16. The molecule has 0 saturated carbocycles. The number of benzene rings is 1. The third-order valence-corrected chi connectivity index (χ3v) is 3.16. The molecule has 0 heterocycles. The second-order valence-corrected chi connectivity index (χ2v) is 5.19. The van der Waals surface area contributed by atoms with Gasteiger partial charge in [-0.15, -0.1) is 0 Å². The van der Waals surface area contributed by atoms with Crippen molar-refractivity contribution in [2.75, 3.05) is 0 Å². The van der Waals surface area contributed by atoms with Crippen LogP contribution in [0.4, 0.5) is 4.39 Å². The molecule has 0 aliphatic heterocycles. The summed E-state index contributed by atoms with van der Waals surface area (Å²) in [5, 5.41) is 8.72. The fraction of sp³-hybridized carbons (Fsp3) is 0.125. The van der Waals surface area contributed by atoms with Gasteiger partial charge in [-0.25, -0.2) is 12.8 Å². The van der Waals surface area contributed by atoms with E-state index < -0.39 is 19.8 Å². The highest BCUT2D eigenvalue weighted by atomic mass is 35.7. The molecular weight excluding hydrogens is 243 g/mol. The van der Waals surface area contributed by atoms with Crippen LogP contribution in [0.25, 0.3) is 0 Å². The van der Waals surface area contributed by atoms with Crippen molar-refractivity contribution >= 4 is 19.7 Å². The Labute approximate surface area is 90.5 Å². The van der Waals surface area contributed by atoms with E-state index in [1.165, 1.54) is 0 Å². The van der Waals surface area contributed by atoms with Crippen LogP contribution < -0.4 is 5.73 Å². The number of nitriles is 1. The van der Waals surface area contributed by atoms with Crippen LogP contribution in [-0.2, 0) is 15.6 Å². The predicted octanol–water partition coefficient (Wildman–Crippen LogP) is 1.08. The highest BCUT2D eigenvalue weighted by Crippen LogP contribution is 2.24. The van der Waals surface area contributed by atoms with Crippen molar-refractivity contribution in [3.8, 4) is 6.07 Å². The van der Waals surface area contributed by atoms with Gasteiger partial charge in [0.05, 0.1) is 5.56 Å². The molecule has 0 amide bonds. The van der Waals surface area contributed by atoms with Crippen molar-refractivity contribution in [2.24, 2.45) is 5.73 Å². The Balaban J connectivity index is 3.66. The molecule has 0 fully saturated rings. The van der Waals surface area contributed by atoms with Crippen LogP contribution in [0.1, 0.15) is 11.1 Å². The molecular formula is C8H6ClFN2O2S. The predicted molar refractivity (Wildman–Crippen MR) is 52.0 cm³/mol. The summed E-state index contributed by atoms with van der Waals surface area (Å²) in [5.74, 6) is -0.724. The number of hydrogen-bond acceptors (Lipinski definition) is 4. The highest BCUT2D eigenvalue weighted by molar-refractivity contribution is 8.13. The number of hydrogen-bond donors (Lipinski definition) is 1. The molecule has 7 heteroatoms. The van der Waals surface area contributed by atoms with Crippen molar-refractivity contribution < 1.29 is 12.8 Å². The topological polar surface area (TPSA) is 84.0 Å². The van der Waals surface area contributed by atoms with Crippen LogP contribution in [0.3, 0.4) is 0 Å². The Bertz CT molecular complexity index is 536. The fourth-order valence-electron chi connectivity index (χ4n) is 1.13. The Kier molecular flexibility index (Phi) is 3.29. The standard InChI is InChI=1S/C8H6ClFN2O2S/c9-15(13,14)8-2-1-7(10)5(3-11)6(8)4-12/h1-2H,3,11H2. The Morgan fingerprint density at radius 1 is 1.53 bits per heavy atom. The summed E-state index contributed by atoms with van der Waals surface area (Å²) in [6, 6.07) is 3.43. The zero-order valence-corrected chi connectivity index (χ0v) is 8.94. The van der Waals surface area contributed by atoms with Crippen molar-refractivity contribution in [1.82, 2.24) is 0 Å². The molecule has 0 atom stereocenters. The van der Waals surface area contributed by atoms with E-state index in [1.54, 1.807) is 6.07 Å². The molecule has 0 unspecified atom stereocenters. The maximum atomic E-state index is 13.1. The first-order valence-corrected chi connectivity index (χ1v) is 6.09. The maximum Gasteiger partial charge on any atom is 0.262 e. The number of nitrogens with zero attached hydrogens (tertiary/aromatic N) is 1. The first-order chi connectivity index (χ1) is 6.91. The van der Waals surface area contributed by atoms with E-state index in [9.17, 15) is 12.8 Å². The number of halogens is 2. The third kappa shape index (κ3) is 2.26. The summed E-state index contributed by atoms with van der Waals surface area (Å²) in [6.07, 6.45) is 0. The number of rotatable bonds is 2.